The van der Waals surface area contributed by atoms with Crippen molar-refractivity contribution in [1.82, 2.24) is 10.2 Å². The van der Waals surface area contributed by atoms with E-state index in [1.165, 1.54) is 38.6 Å². The minimum absolute atomic E-state index is 0.754. The summed E-state index contributed by atoms with van der Waals surface area (Å²) in [5.74, 6) is 0.977. The van der Waals surface area contributed by atoms with Crippen LogP contribution in [0.4, 0.5) is 0 Å². The van der Waals surface area contributed by atoms with Gasteiger partial charge in [0, 0.05) is 12.1 Å². The molecule has 1 saturated carbocycles. The third kappa shape index (κ3) is 1.75. The summed E-state index contributed by atoms with van der Waals surface area (Å²) in [6.45, 7) is 1.30. The average molecular weight is 182 g/mol. The van der Waals surface area contributed by atoms with E-state index in [2.05, 4.69) is 24.3 Å². The van der Waals surface area contributed by atoms with Crippen molar-refractivity contribution in [3.05, 3.63) is 0 Å². The summed E-state index contributed by atoms with van der Waals surface area (Å²) in [5, 5.41) is 3.49. The SMILES string of the molecule is CNC1CCCC2CCCN(C)C21. The molecule has 0 bridgehead atoms. The van der Waals surface area contributed by atoms with Crippen molar-refractivity contribution in [2.75, 3.05) is 20.6 Å². The lowest BCUT2D eigenvalue weighted by Crippen LogP contribution is -2.56. The van der Waals surface area contributed by atoms with E-state index in [0.29, 0.717) is 0 Å². The van der Waals surface area contributed by atoms with E-state index in [4.69, 9.17) is 0 Å². The van der Waals surface area contributed by atoms with Crippen LogP contribution in [0.1, 0.15) is 32.1 Å². The van der Waals surface area contributed by atoms with Gasteiger partial charge in [-0.1, -0.05) is 6.42 Å². The Balaban J connectivity index is 2.07. The molecule has 0 amide bonds. The third-order valence-corrected chi connectivity index (χ3v) is 3.95. The molecule has 0 spiro atoms. The fourth-order valence-electron chi connectivity index (χ4n) is 3.32. The van der Waals surface area contributed by atoms with Gasteiger partial charge >= 0.3 is 0 Å². The molecule has 2 aliphatic rings. The second-order valence-electron chi connectivity index (χ2n) is 4.70. The van der Waals surface area contributed by atoms with Crippen LogP contribution in [0, 0.1) is 5.92 Å². The van der Waals surface area contributed by atoms with Crippen LogP contribution in [0.25, 0.3) is 0 Å². The molecule has 0 radical (unpaired) electrons. The number of piperidine rings is 1. The summed E-state index contributed by atoms with van der Waals surface area (Å²) in [7, 11) is 4.42. The van der Waals surface area contributed by atoms with Crippen LogP contribution >= 0.6 is 0 Å². The van der Waals surface area contributed by atoms with Crippen LogP contribution in [-0.4, -0.2) is 37.6 Å². The van der Waals surface area contributed by atoms with Crippen molar-refractivity contribution >= 4 is 0 Å². The summed E-state index contributed by atoms with van der Waals surface area (Å²) in [6, 6.07) is 1.58. The molecule has 3 unspecified atom stereocenters. The second-order valence-corrected chi connectivity index (χ2v) is 4.70. The fourth-order valence-corrected chi connectivity index (χ4v) is 3.32. The molecule has 0 aromatic rings. The summed E-state index contributed by atoms with van der Waals surface area (Å²) in [4.78, 5) is 2.58. The average Bonchev–Trinajstić information content (AvgIpc) is 2.17. The van der Waals surface area contributed by atoms with Crippen molar-refractivity contribution in [1.29, 1.82) is 0 Å². The van der Waals surface area contributed by atoms with Gasteiger partial charge in [-0.3, -0.25) is 0 Å². The minimum atomic E-state index is 0.754. The lowest BCUT2D eigenvalue weighted by molar-refractivity contribution is 0.0578. The van der Waals surface area contributed by atoms with Crippen LogP contribution in [-0.2, 0) is 0 Å². The molecule has 1 saturated heterocycles. The summed E-state index contributed by atoms with van der Waals surface area (Å²) < 4.78 is 0. The predicted molar refractivity (Wildman–Crippen MR) is 55.8 cm³/mol. The molecule has 1 N–H and O–H groups in total. The number of hydrogen-bond donors (Lipinski definition) is 1. The first-order valence-corrected chi connectivity index (χ1v) is 5.70. The molecule has 2 fully saturated rings. The normalized spacial score (nSPS) is 41.5. The molecule has 1 heterocycles. The van der Waals surface area contributed by atoms with Crippen LogP contribution in [0.3, 0.4) is 0 Å². The third-order valence-electron chi connectivity index (χ3n) is 3.95. The number of fused-ring (bicyclic) bond motifs is 1. The quantitative estimate of drug-likeness (QED) is 0.660. The van der Waals surface area contributed by atoms with Gasteiger partial charge in [-0.25, -0.2) is 0 Å². The van der Waals surface area contributed by atoms with Gasteiger partial charge in [0.25, 0.3) is 0 Å². The Morgan fingerprint density at radius 2 is 1.92 bits per heavy atom. The Labute approximate surface area is 81.7 Å². The lowest BCUT2D eigenvalue weighted by Gasteiger charge is -2.46. The van der Waals surface area contributed by atoms with Gasteiger partial charge in [0.15, 0.2) is 0 Å². The molecule has 2 heteroatoms. The smallest absolute Gasteiger partial charge is 0.0274 e. The molecular weight excluding hydrogens is 160 g/mol. The van der Waals surface area contributed by atoms with Crippen molar-refractivity contribution in [3.63, 3.8) is 0 Å². The van der Waals surface area contributed by atoms with Crippen molar-refractivity contribution in [2.24, 2.45) is 5.92 Å². The summed E-state index contributed by atoms with van der Waals surface area (Å²) in [6.07, 6.45) is 7.15. The van der Waals surface area contributed by atoms with Crippen LogP contribution < -0.4 is 5.32 Å². The molecule has 0 aromatic heterocycles. The number of rotatable bonds is 1. The van der Waals surface area contributed by atoms with E-state index in [9.17, 15) is 0 Å². The summed E-state index contributed by atoms with van der Waals surface area (Å²) >= 11 is 0. The van der Waals surface area contributed by atoms with E-state index in [0.717, 1.165) is 18.0 Å². The molecule has 13 heavy (non-hydrogen) atoms. The highest BCUT2D eigenvalue weighted by Crippen LogP contribution is 2.34. The van der Waals surface area contributed by atoms with Gasteiger partial charge in [-0.05, 0) is 52.2 Å². The predicted octanol–water partition coefficient (Wildman–Crippen LogP) is 1.47. The van der Waals surface area contributed by atoms with Gasteiger partial charge in [-0.15, -0.1) is 0 Å². The number of nitrogens with zero attached hydrogens (tertiary/aromatic N) is 1. The lowest BCUT2D eigenvalue weighted by atomic mass is 9.76. The first-order valence-electron chi connectivity index (χ1n) is 5.70. The Bertz CT molecular complexity index is 161. The molecule has 3 atom stereocenters. The molecule has 2 nitrogen and oxygen atoms in total. The zero-order valence-electron chi connectivity index (χ0n) is 8.92. The molecule has 2 rings (SSSR count). The maximum absolute atomic E-state index is 3.49. The monoisotopic (exact) mass is 182 g/mol. The molecular formula is C11H22N2. The van der Waals surface area contributed by atoms with E-state index >= 15 is 0 Å². The van der Waals surface area contributed by atoms with Crippen molar-refractivity contribution < 1.29 is 0 Å². The molecule has 1 aliphatic carbocycles. The highest BCUT2D eigenvalue weighted by atomic mass is 15.2. The zero-order valence-corrected chi connectivity index (χ0v) is 8.92. The van der Waals surface area contributed by atoms with Crippen LogP contribution in [0.15, 0.2) is 0 Å². The van der Waals surface area contributed by atoms with Gasteiger partial charge < -0.3 is 10.2 Å². The minimum Gasteiger partial charge on any atom is -0.315 e. The highest BCUT2D eigenvalue weighted by Gasteiger charge is 2.36. The Morgan fingerprint density at radius 3 is 2.69 bits per heavy atom. The maximum atomic E-state index is 3.49. The number of likely N-dealkylation sites (tertiary alicyclic amines) is 1. The van der Waals surface area contributed by atoms with Gasteiger partial charge in [0.1, 0.15) is 0 Å². The first-order chi connectivity index (χ1) is 6.33. The van der Waals surface area contributed by atoms with E-state index in [1.807, 2.05) is 0 Å². The van der Waals surface area contributed by atoms with Crippen molar-refractivity contribution in [2.45, 2.75) is 44.2 Å². The van der Waals surface area contributed by atoms with Gasteiger partial charge in [0.05, 0.1) is 0 Å². The first kappa shape index (κ1) is 9.47. The Morgan fingerprint density at radius 1 is 1.15 bits per heavy atom. The largest absolute Gasteiger partial charge is 0.315 e. The number of hydrogen-bond acceptors (Lipinski definition) is 2. The number of likely N-dealkylation sites (N-methyl/N-ethyl adjacent to an activating group) is 2. The zero-order chi connectivity index (χ0) is 9.26. The van der Waals surface area contributed by atoms with Crippen LogP contribution in [0.5, 0.6) is 0 Å². The Kier molecular flexibility index (Phi) is 2.89. The number of nitrogens with one attached hydrogen (secondary N) is 1. The second kappa shape index (κ2) is 3.97. The maximum Gasteiger partial charge on any atom is 0.0274 e. The Hall–Kier alpha value is -0.0800. The highest BCUT2D eigenvalue weighted by molar-refractivity contribution is 4.94. The van der Waals surface area contributed by atoms with E-state index in [1.54, 1.807) is 0 Å². The standard InChI is InChI=1S/C11H22N2/c1-12-10-7-3-5-9-6-4-8-13(2)11(9)10/h9-12H,3-8H2,1-2H3. The van der Waals surface area contributed by atoms with Gasteiger partial charge in [0.2, 0.25) is 0 Å². The molecule has 1 aliphatic heterocycles. The van der Waals surface area contributed by atoms with Crippen molar-refractivity contribution in [3.8, 4) is 0 Å². The van der Waals surface area contributed by atoms with Gasteiger partial charge in [-0.2, -0.15) is 0 Å². The summed E-state index contributed by atoms with van der Waals surface area (Å²) in [5.41, 5.74) is 0. The fraction of sp³-hybridized carbons (Fsp3) is 1.00. The van der Waals surface area contributed by atoms with E-state index < -0.39 is 0 Å². The van der Waals surface area contributed by atoms with E-state index in [-0.39, 0.29) is 0 Å². The van der Waals surface area contributed by atoms with Crippen LogP contribution in [0.2, 0.25) is 0 Å². The topological polar surface area (TPSA) is 15.3 Å². The molecule has 0 aromatic carbocycles. The molecule has 76 valence electrons.